The van der Waals surface area contributed by atoms with Crippen LogP contribution in [0, 0.1) is 5.92 Å². The van der Waals surface area contributed by atoms with Gasteiger partial charge in [-0.3, -0.25) is 14.5 Å². The van der Waals surface area contributed by atoms with E-state index in [0.717, 1.165) is 75.9 Å². The molecule has 2 aromatic rings. The number of carbonyl (C=O) groups excluding carboxylic acids is 2. The molecule has 1 atom stereocenters. The fraction of sp³-hybridized carbons (Fsp3) is 0.538. The van der Waals surface area contributed by atoms with Crippen LogP contribution in [0.2, 0.25) is 0 Å². The summed E-state index contributed by atoms with van der Waals surface area (Å²) in [5.74, 6) is 0.306. The Morgan fingerprint density at radius 1 is 0.935 bits per heavy atom. The summed E-state index contributed by atoms with van der Waals surface area (Å²) >= 11 is 0. The monoisotopic (exact) mass is 419 g/mol. The normalized spacial score (nSPS) is 22.2. The Kier molecular flexibility index (Phi) is 5.81. The van der Waals surface area contributed by atoms with Gasteiger partial charge in [0.1, 0.15) is 0 Å². The highest BCUT2D eigenvalue weighted by Crippen LogP contribution is 2.34. The standard InChI is InChI=1S/C26H33N3O2/c1-2-27-13-15-28(16-14-27)18-24(30)29-12-4-6-21(17-29)26(31)23-11-10-20-9-8-19-5-3-7-22(23)25(19)20/h3,5,7,10-11,21H,2,4,6,8-9,12-18H2,1H3. The van der Waals surface area contributed by atoms with Gasteiger partial charge >= 0.3 is 0 Å². The lowest BCUT2D eigenvalue weighted by Crippen LogP contribution is -2.51. The minimum atomic E-state index is -0.0897. The number of carbonyl (C=O) groups is 2. The van der Waals surface area contributed by atoms with Crippen molar-refractivity contribution in [3.8, 4) is 0 Å². The van der Waals surface area contributed by atoms with Crippen molar-refractivity contribution in [3.63, 3.8) is 0 Å². The molecule has 0 bridgehead atoms. The number of aryl methyl sites for hydroxylation is 2. The van der Waals surface area contributed by atoms with E-state index >= 15 is 0 Å². The molecule has 164 valence electrons. The number of piperazine rings is 1. The van der Waals surface area contributed by atoms with E-state index < -0.39 is 0 Å². The van der Waals surface area contributed by atoms with E-state index in [1.165, 1.54) is 16.5 Å². The highest BCUT2D eigenvalue weighted by atomic mass is 16.2. The van der Waals surface area contributed by atoms with Crippen molar-refractivity contribution < 1.29 is 9.59 Å². The second kappa shape index (κ2) is 8.71. The molecule has 0 spiro atoms. The van der Waals surface area contributed by atoms with E-state index in [-0.39, 0.29) is 17.6 Å². The van der Waals surface area contributed by atoms with E-state index in [0.29, 0.717) is 13.1 Å². The molecular weight excluding hydrogens is 386 g/mol. The zero-order valence-corrected chi connectivity index (χ0v) is 18.6. The largest absolute Gasteiger partial charge is 0.341 e. The van der Waals surface area contributed by atoms with Crippen molar-refractivity contribution in [2.45, 2.75) is 32.6 Å². The molecule has 2 heterocycles. The Balaban J connectivity index is 1.27. The average molecular weight is 420 g/mol. The van der Waals surface area contributed by atoms with Crippen LogP contribution in [0.15, 0.2) is 30.3 Å². The fourth-order valence-electron chi connectivity index (χ4n) is 5.65. The number of rotatable bonds is 5. The molecule has 2 aliphatic heterocycles. The van der Waals surface area contributed by atoms with E-state index in [4.69, 9.17) is 0 Å². The first-order valence-corrected chi connectivity index (χ1v) is 11.9. The Labute approximate surface area is 185 Å². The quantitative estimate of drug-likeness (QED) is 0.699. The predicted octanol–water partition coefficient (Wildman–Crippen LogP) is 3.00. The van der Waals surface area contributed by atoms with Gasteiger partial charge < -0.3 is 9.80 Å². The number of hydrogen-bond acceptors (Lipinski definition) is 4. The number of likely N-dealkylation sites (N-methyl/N-ethyl adjacent to an activating group) is 1. The molecule has 5 nitrogen and oxygen atoms in total. The fourth-order valence-corrected chi connectivity index (χ4v) is 5.65. The maximum Gasteiger partial charge on any atom is 0.236 e. The van der Waals surface area contributed by atoms with Crippen LogP contribution in [0.3, 0.4) is 0 Å². The van der Waals surface area contributed by atoms with Crippen molar-refractivity contribution >= 4 is 22.5 Å². The second-order valence-electron chi connectivity index (χ2n) is 9.37. The third-order valence-corrected chi connectivity index (χ3v) is 7.56. The van der Waals surface area contributed by atoms with Gasteiger partial charge in [-0.2, -0.15) is 0 Å². The molecule has 5 heteroatoms. The minimum Gasteiger partial charge on any atom is -0.341 e. The van der Waals surface area contributed by atoms with Crippen LogP contribution in [0.1, 0.15) is 41.3 Å². The smallest absolute Gasteiger partial charge is 0.236 e. The van der Waals surface area contributed by atoms with Gasteiger partial charge in [-0.05, 0) is 54.1 Å². The second-order valence-corrected chi connectivity index (χ2v) is 9.37. The zero-order chi connectivity index (χ0) is 21.4. The first-order valence-electron chi connectivity index (χ1n) is 11.9. The Morgan fingerprint density at radius 2 is 1.68 bits per heavy atom. The van der Waals surface area contributed by atoms with Crippen LogP contribution in [0.4, 0.5) is 0 Å². The summed E-state index contributed by atoms with van der Waals surface area (Å²) in [5.41, 5.74) is 3.58. The average Bonchev–Trinajstić information content (AvgIpc) is 3.24. The van der Waals surface area contributed by atoms with Gasteiger partial charge in [0.15, 0.2) is 5.78 Å². The molecule has 0 N–H and O–H groups in total. The van der Waals surface area contributed by atoms with Crippen LogP contribution in [-0.4, -0.2) is 78.7 Å². The summed E-state index contributed by atoms with van der Waals surface area (Å²) in [4.78, 5) is 33.2. The summed E-state index contributed by atoms with van der Waals surface area (Å²) in [6, 6.07) is 10.5. The number of Topliss-reactive ketones (excluding diaryl/α,β-unsaturated/α-hetero) is 1. The molecule has 2 fully saturated rings. The van der Waals surface area contributed by atoms with Gasteiger partial charge in [-0.1, -0.05) is 37.3 Å². The maximum atomic E-state index is 13.5. The van der Waals surface area contributed by atoms with Crippen molar-refractivity contribution in [1.82, 2.24) is 14.7 Å². The molecule has 31 heavy (non-hydrogen) atoms. The number of piperidine rings is 1. The van der Waals surface area contributed by atoms with Gasteiger partial charge in [0.2, 0.25) is 5.91 Å². The molecule has 0 aromatic heterocycles. The molecule has 2 saturated heterocycles. The zero-order valence-electron chi connectivity index (χ0n) is 18.6. The lowest BCUT2D eigenvalue weighted by molar-refractivity contribution is -0.134. The van der Waals surface area contributed by atoms with E-state index in [1.54, 1.807) is 0 Å². The molecule has 2 aromatic carbocycles. The summed E-state index contributed by atoms with van der Waals surface area (Å²) in [6.45, 7) is 9.08. The van der Waals surface area contributed by atoms with Crippen LogP contribution in [0.5, 0.6) is 0 Å². The number of hydrogen-bond donors (Lipinski definition) is 0. The Bertz CT molecular complexity index is 983. The van der Waals surface area contributed by atoms with Gasteiger partial charge in [0, 0.05) is 50.7 Å². The maximum absolute atomic E-state index is 13.5. The lowest BCUT2D eigenvalue weighted by atomic mass is 9.87. The highest BCUT2D eigenvalue weighted by Gasteiger charge is 2.31. The van der Waals surface area contributed by atoms with Gasteiger partial charge in [-0.25, -0.2) is 0 Å². The van der Waals surface area contributed by atoms with Gasteiger partial charge in [0.05, 0.1) is 6.54 Å². The predicted molar refractivity (Wildman–Crippen MR) is 124 cm³/mol. The number of amides is 1. The molecule has 0 saturated carbocycles. The molecule has 1 unspecified atom stereocenters. The van der Waals surface area contributed by atoms with Gasteiger partial charge in [-0.15, -0.1) is 0 Å². The van der Waals surface area contributed by atoms with Crippen molar-refractivity contribution in [3.05, 3.63) is 47.0 Å². The Morgan fingerprint density at radius 3 is 2.45 bits per heavy atom. The third-order valence-electron chi connectivity index (χ3n) is 7.56. The van der Waals surface area contributed by atoms with E-state index in [2.05, 4.69) is 41.0 Å². The number of likely N-dealkylation sites (tertiary alicyclic amines) is 1. The van der Waals surface area contributed by atoms with Gasteiger partial charge in [0.25, 0.3) is 0 Å². The van der Waals surface area contributed by atoms with Crippen molar-refractivity contribution in [2.75, 3.05) is 52.4 Å². The molecule has 3 aliphatic rings. The number of ketones is 1. The van der Waals surface area contributed by atoms with Crippen LogP contribution in [-0.2, 0) is 17.6 Å². The minimum absolute atomic E-state index is 0.0897. The topological polar surface area (TPSA) is 43.9 Å². The summed E-state index contributed by atoms with van der Waals surface area (Å²) < 4.78 is 0. The Hall–Kier alpha value is -2.24. The number of nitrogens with zero attached hydrogens (tertiary/aromatic N) is 3. The lowest BCUT2D eigenvalue weighted by Gasteiger charge is -2.37. The van der Waals surface area contributed by atoms with E-state index in [1.807, 2.05) is 11.0 Å². The molecule has 5 rings (SSSR count). The van der Waals surface area contributed by atoms with Crippen LogP contribution < -0.4 is 0 Å². The number of benzene rings is 2. The van der Waals surface area contributed by atoms with Crippen LogP contribution >= 0.6 is 0 Å². The van der Waals surface area contributed by atoms with E-state index in [9.17, 15) is 9.59 Å². The first kappa shape index (κ1) is 20.7. The molecular formula is C26H33N3O2. The molecule has 0 radical (unpaired) electrons. The SMILES string of the molecule is CCN1CCN(CC(=O)N2CCCC(C(=O)c3ccc4c5c(cccc35)CC4)C2)CC1. The van der Waals surface area contributed by atoms with Crippen molar-refractivity contribution in [2.24, 2.45) is 5.92 Å². The first-order chi connectivity index (χ1) is 15.1. The van der Waals surface area contributed by atoms with Crippen molar-refractivity contribution in [1.29, 1.82) is 0 Å². The third kappa shape index (κ3) is 4.01. The summed E-state index contributed by atoms with van der Waals surface area (Å²) in [5, 5.41) is 2.40. The highest BCUT2D eigenvalue weighted by molar-refractivity contribution is 6.11. The summed E-state index contributed by atoms with van der Waals surface area (Å²) in [7, 11) is 0. The van der Waals surface area contributed by atoms with Crippen LogP contribution in [0.25, 0.3) is 10.8 Å². The molecule has 1 aliphatic carbocycles. The summed E-state index contributed by atoms with van der Waals surface area (Å²) in [6.07, 6.45) is 3.93. The molecule has 1 amide bonds.